The summed E-state index contributed by atoms with van der Waals surface area (Å²) < 4.78 is 4.75. The molecule has 2 nitrogen and oxygen atoms in total. The lowest BCUT2D eigenvalue weighted by Gasteiger charge is -1.87. The second-order valence-corrected chi connectivity index (χ2v) is 1.69. The molecule has 9 heavy (non-hydrogen) atoms. The van der Waals surface area contributed by atoms with Crippen LogP contribution in [0.25, 0.3) is 0 Å². The molecule has 0 spiro atoms. The lowest BCUT2D eigenvalue weighted by atomic mass is 10.6. The number of thiocarbonyl (C=S) groups is 1. The molecule has 1 aliphatic rings. The van der Waals surface area contributed by atoms with Crippen LogP contribution in [0.4, 0.5) is 0 Å². The van der Waals surface area contributed by atoms with E-state index in [9.17, 15) is 0 Å². The minimum Gasteiger partial charge on any atom is -0.471 e. The first-order chi connectivity index (χ1) is 3.89. The number of hydrogen-bond acceptors (Lipinski definition) is 2. The van der Waals surface area contributed by atoms with Crippen LogP contribution in [0.3, 0.4) is 0 Å². The molecule has 0 radical (unpaired) electrons. The molecule has 0 atom stereocenters. The molecule has 0 amide bonds. The van der Waals surface area contributed by atoms with Crippen LogP contribution in [0.2, 0.25) is 0 Å². The van der Waals surface area contributed by atoms with Gasteiger partial charge in [0.15, 0.2) is 0 Å². The average Bonchev–Trinajstić information content (AvgIpc) is 1.94. The Labute approximate surface area is 65.0 Å². The summed E-state index contributed by atoms with van der Waals surface area (Å²) in [6.07, 6.45) is 6.37. The van der Waals surface area contributed by atoms with Crippen molar-refractivity contribution < 1.29 is 4.74 Å². The predicted octanol–water partition coefficient (Wildman–Crippen LogP) is 1.34. The molecule has 1 rings (SSSR count). The molecule has 0 aromatic rings. The first kappa shape index (κ1) is 8.46. The summed E-state index contributed by atoms with van der Waals surface area (Å²) in [6.45, 7) is 0. The Morgan fingerprint density at radius 3 is 3.00 bits per heavy atom. The fourth-order valence-corrected chi connectivity index (χ4v) is 0.474. The monoisotopic (exact) mass is 163 g/mol. The maximum atomic E-state index is 4.76. The summed E-state index contributed by atoms with van der Waals surface area (Å²) in [5.41, 5.74) is 0. The van der Waals surface area contributed by atoms with Crippen LogP contribution in [0.15, 0.2) is 24.8 Å². The maximum Gasteiger partial charge on any atom is 0.106 e. The second kappa shape index (κ2) is 4.35. The first-order valence-corrected chi connectivity index (χ1v) is 2.58. The first-order valence-electron chi connectivity index (χ1n) is 2.17. The summed E-state index contributed by atoms with van der Waals surface area (Å²) in [5.74, 6) is 0. The normalized spacial score (nSPS) is 14.9. The van der Waals surface area contributed by atoms with Gasteiger partial charge in [-0.3, -0.25) is 0 Å². The smallest absolute Gasteiger partial charge is 0.106 e. The summed E-state index contributed by atoms with van der Waals surface area (Å²) in [5, 5.41) is 2.78. The van der Waals surface area contributed by atoms with E-state index in [0.29, 0.717) is 4.99 Å². The minimum absolute atomic E-state index is 0. The molecule has 0 saturated carbocycles. The van der Waals surface area contributed by atoms with Crippen molar-refractivity contribution in [1.29, 1.82) is 0 Å². The molecule has 0 unspecified atom stereocenters. The third-order valence-electron chi connectivity index (χ3n) is 0.670. The average molecular weight is 164 g/mol. The van der Waals surface area contributed by atoms with E-state index >= 15 is 0 Å². The van der Waals surface area contributed by atoms with Gasteiger partial charge in [0.1, 0.15) is 11.3 Å². The molecule has 0 aromatic heterocycles. The largest absolute Gasteiger partial charge is 0.471 e. The van der Waals surface area contributed by atoms with Crippen LogP contribution in [0.1, 0.15) is 0 Å². The van der Waals surface area contributed by atoms with Gasteiger partial charge < -0.3 is 10.1 Å². The van der Waals surface area contributed by atoms with Crippen LogP contribution in [0.5, 0.6) is 0 Å². The number of halogens is 1. The Bertz CT molecular complexity index is 155. The molecule has 0 aliphatic carbocycles. The van der Waals surface area contributed by atoms with Crippen LogP contribution in [-0.2, 0) is 4.74 Å². The fourth-order valence-electron chi connectivity index (χ4n) is 0.350. The van der Waals surface area contributed by atoms with Crippen LogP contribution >= 0.6 is 24.6 Å². The Hall–Kier alpha value is -0.540. The zero-order valence-electron chi connectivity index (χ0n) is 4.53. The van der Waals surface area contributed by atoms with E-state index in [1.807, 2.05) is 0 Å². The van der Waals surface area contributed by atoms with Crippen molar-refractivity contribution in [1.82, 2.24) is 5.32 Å². The van der Waals surface area contributed by atoms with E-state index < -0.39 is 0 Å². The highest BCUT2D eigenvalue weighted by atomic mass is 35.5. The highest BCUT2D eigenvalue weighted by Crippen LogP contribution is 1.86. The summed E-state index contributed by atoms with van der Waals surface area (Å²) >= 11 is 4.76. The van der Waals surface area contributed by atoms with Crippen molar-refractivity contribution in [3.05, 3.63) is 24.8 Å². The van der Waals surface area contributed by atoms with Crippen LogP contribution in [0, 0.1) is 0 Å². The molecule has 0 aromatic carbocycles. The van der Waals surface area contributed by atoms with E-state index in [-0.39, 0.29) is 12.4 Å². The summed E-state index contributed by atoms with van der Waals surface area (Å²) in [7, 11) is 0. The molecule has 0 saturated heterocycles. The lowest BCUT2D eigenvalue weighted by Crippen LogP contribution is -2.09. The molecular weight excluding hydrogens is 158 g/mol. The Morgan fingerprint density at radius 1 is 1.44 bits per heavy atom. The van der Waals surface area contributed by atoms with Gasteiger partial charge in [0.25, 0.3) is 0 Å². The molecule has 0 bridgehead atoms. The van der Waals surface area contributed by atoms with Crippen molar-refractivity contribution in [2.75, 3.05) is 0 Å². The third kappa shape index (κ3) is 3.11. The van der Waals surface area contributed by atoms with Gasteiger partial charge in [-0.1, -0.05) is 12.2 Å². The Morgan fingerprint density at radius 2 is 2.22 bits per heavy atom. The summed E-state index contributed by atoms with van der Waals surface area (Å²) in [4.78, 5) is 0.666. The van der Waals surface area contributed by atoms with Crippen molar-refractivity contribution >= 4 is 29.6 Å². The maximum absolute atomic E-state index is 4.76. The topological polar surface area (TPSA) is 21.3 Å². The number of hydrogen-bond donors (Lipinski definition) is 1. The van der Waals surface area contributed by atoms with Crippen molar-refractivity contribution in [2.45, 2.75) is 0 Å². The molecule has 4 heteroatoms. The highest BCUT2D eigenvalue weighted by Gasteiger charge is 1.86. The van der Waals surface area contributed by atoms with E-state index in [1.165, 1.54) is 12.5 Å². The van der Waals surface area contributed by atoms with E-state index in [4.69, 9.17) is 17.0 Å². The van der Waals surface area contributed by atoms with Crippen molar-refractivity contribution in [3.8, 4) is 0 Å². The molecule has 1 N–H and O–H groups in total. The standard InChI is InChI=1S/C5H5NOS.ClH/c8-5-1-3-7-4-2-6-5;/h1-4H,(H,6,8);1H. The second-order valence-electron chi connectivity index (χ2n) is 1.25. The molecule has 50 valence electrons. The third-order valence-corrected chi connectivity index (χ3v) is 0.924. The predicted molar refractivity (Wildman–Crippen MR) is 42.3 cm³/mol. The molecular formula is C5H6ClNOS. The lowest BCUT2D eigenvalue weighted by molar-refractivity contribution is 0.403. The van der Waals surface area contributed by atoms with Gasteiger partial charge in [0.05, 0.1) is 6.26 Å². The van der Waals surface area contributed by atoms with Gasteiger partial charge in [0.2, 0.25) is 0 Å². The highest BCUT2D eigenvalue weighted by molar-refractivity contribution is 7.80. The van der Waals surface area contributed by atoms with Gasteiger partial charge in [-0.15, -0.1) is 12.4 Å². The quantitative estimate of drug-likeness (QED) is 0.545. The van der Waals surface area contributed by atoms with Gasteiger partial charge in [-0.05, 0) is 0 Å². The SMILES string of the molecule is Cl.S=C1C=COC=CN1. The van der Waals surface area contributed by atoms with E-state index in [2.05, 4.69) is 5.32 Å². The van der Waals surface area contributed by atoms with Gasteiger partial charge in [-0.2, -0.15) is 0 Å². The van der Waals surface area contributed by atoms with Gasteiger partial charge >= 0.3 is 0 Å². The number of ether oxygens (including phenoxy) is 1. The summed E-state index contributed by atoms with van der Waals surface area (Å²) in [6, 6.07) is 0. The zero-order valence-corrected chi connectivity index (χ0v) is 6.17. The van der Waals surface area contributed by atoms with Gasteiger partial charge in [0, 0.05) is 12.3 Å². The van der Waals surface area contributed by atoms with Crippen LogP contribution < -0.4 is 5.32 Å². The molecule has 1 aliphatic heterocycles. The van der Waals surface area contributed by atoms with Crippen molar-refractivity contribution in [3.63, 3.8) is 0 Å². The van der Waals surface area contributed by atoms with E-state index in [0.717, 1.165) is 0 Å². The molecule has 1 heterocycles. The number of rotatable bonds is 0. The van der Waals surface area contributed by atoms with Gasteiger partial charge in [-0.25, -0.2) is 0 Å². The Kier molecular flexibility index (Phi) is 4.09. The minimum atomic E-state index is 0. The van der Waals surface area contributed by atoms with Crippen LogP contribution in [-0.4, -0.2) is 4.99 Å². The fraction of sp³-hybridized carbons (Fsp3) is 0. The molecule has 0 fully saturated rings. The van der Waals surface area contributed by atoms with Crippen molar-refractivity contribution in [2.24, 2.45) is 0 Å². The Balaban J connectivity index is 0.000000640. The number of nitrogens with one attached hydrogen (secondary N) is 1. The zero-order chi connectivity index (χ0) is 5.82. The van der Waals surface area contributed by atoms with E-state index in [1.54, 1.807) is 12.3 Å².